The first-order chi connectivity index (χ1) is 6.68. The van der Waals surface area contributed by atoms with Crippen molar-refractivity contribution in [1.29, 1.82) is 0 Å². The minimum Gasteiger partial charge on any atom is -0.327 e. The minimum atomic E-state index is 0.267. The van der Waals surface area contributed by atoms with Crippen molar-refractivity contribution < 1.29 is 0 Å². The van der Waals surface area contributed by atoms with Gasteiger partial charge in [0.2, 0.25) is 0 Å². The van der Waals surface area contributed by atoms with Crippen molar-refractivity contribution in [2.24, 2.45) is 11.7 Å². The first kappa shape index (κ1) is 11.6. The second kappa shape index (κ2) is 6.11. The average molecular weight is 213 g/mol. The number of rotatable bonds is 6. The monoisotopic (exact) mass is 213 g/mol. The van der Waals surface area contributed by atoms with E-state index in [1.807, 2.05) is 11.7 Å². The molecule has 0 saturated carbocycles. The van der Waals surface area contributed by atoms with E-state index in [1.54, 1.807) is 11.3 Å². The van der Waals surface area contributed by atoms with Crippen LogP contribution in [0.1, 0.15) is 25.1 Å². The van der Waals surface area contributed by atoms with Gasteiger partial charge in [0, 0.05) is 30.2 Å². The van der Waals surface area contributed by atoms with Gasteiger partial charge < -0.3 is 11.1 Å². The Labute approximate surface area is 89.7 Å². The van der Waals surface area contributed by atoms with Crippen LogP contribution in [0.2, 0.25) is 0 Å². The molecule has 0 bridgehead atoms. The minimum absolute atomic E-state index is 0.267. The van der Waals surface area contributed by atoms with Crippen LogP contribution in [0.25, 0.3) is 0 Å². The quantitative estimate of drug-likeness (QED) is 0.755. The van der Waals surface area contributed by atoms with E-state index in [2.05, 4.69) is 24.1 Å². The molecule has 0 aliphatic heterocycles. The van der Waals surface area contributed by atoms with E-state index in [1.165, 1.54) is 4.88 Å². The third-order valence-electron chi connectivity index (χ3n) is 1.96. The summed E-state index contributed by atoms with van der Waals surface area (Å²) in [7, 11) is 0. The maximum absolute atomic E-state index is 5.94. The first-order valence-electron chi connectivity index (χ1n) is 5.02. The lowest BCUT2D eigenvalue weighted by Gasteiger charge is -2.14. The van der Waals surface area contributed by atoms with E-state index in [-0.39, 0.29) is 6.04 Å². The highest BCUT2D eigenvalue weighted by Crippen LogP contribution is 2.05. The van der Waals surface area contributed by atoms with E-state index >= 15 is 0 Å². The second-order valence-corrected chi connectivity index (χ2v) is 4.96. The normalized spacial score (nSPS) is 13.4. The van der Waals surface area contributed by atoms with Gasteiger partial charge in [0.15, 0.2) is 0 Å². The van der Waals surface area contributed by atoms with Crippen molar-refractivity contribution in [2.45, 2.75) is 32.9 Å². The topological polar surface area (TPSA) is 50.9 Å². The molecule has 3 nitrogen and oxygen atoms in total. The molecule has 0 radical (unpaired) electrons. The summed E-state index contributed by atoms with van der Waals surface area (Å²) in [4.78, 5) is 5.28. The highest BCUT2D eigenvalue weighted by molar-refractivity contribution is 7.09. The van der Waals surface area contributed by atoms with Crippen molar-refractivity contribution in [3.8, 4) is 0 Å². The number of hydrogen-bond donors (Lipinski definition) is 2. The van der Waals surface area contributed by atoms with E-state index in [9.17, 15) is 0 Å². The Morgan fingerprint density at radius 3 is 2.93 bits per heavy atom. The summed E-state index contributed by atoms with van der Waals surface area (Å²) in [6.45, 7) is 6.17. The Kier molecular flexibility index (Phi) is 5.07. The summed E-state index contributed by atoms with van der Waals surface area (Å²) >= 11 is 1.67. The van der Waals surface area contributed by atoms with Crippen LogP contribution in [0.4, 0.5) is 0 Å². The van der Waals surface area contributed by atoms with Crippen LogP contribution < -0.4 is 11.1 Å². The summed E-state index contributed by atoms with van der Waals surface area (Å²) in [6.07, 6.45) is 2.97. The average Bonchev–Trinajstić information content (AvgIpc) is 2.55. The predicted octanol–water partition coefficient (Wildman–Crippen LogP) is 1.61. The smallest absolute Gasteiger partial charge is 0.0794 e. The van der Waals surface area contributed by atoms with Crippen LogP contribution in [0.3, 0.4) is 0 Å². The second-order valence-electron chi connectivity index (χ2n) is 3.99. The highest BCUT2D eigenvalue weighted by atomic mass is 32.1. The van der Waals surface area contributed by atoms with Crippen molar-refractivity contribution in [3.63, 3.8) is 0 Å². The van der Waals surface area contributed by atoms with Crippen molar-refractivity contribution in [2.75, 3.05) is 6.54 Å². The Hall–Kier alpha value is -0.450. The van der Waals surface area contributed by atoms with E-state index < -0.39 is 0 Å². The molecule has 1 heterocycles. The van der Waals surface area contributed by atoms with E-state index in [0.717, 1.165) is 19.5 Å². The number of hydrogen-bond acceptors (Lipinski definition) is 4. The Balaban J connectivity index is 2.09. The maximum Gasteiger partial charge on any atom is 0.0794 e. The van der Waals surface area contributed by atoms with E-state index in [4.69, 9.17) is 5.73 Å². The van der Waals surface area contributed by atoms with Crippen molar-refractivity contribution >= 4 is 11.3 Å². The molecule has 0 fully saturated rings. The number of thiazole rings is 1. The molecule has 1 rings (SSSR count). The Morgan fingerprint density at radius 1 is 1.57 bits per heavy atom. The van der Waals surface area contributed by atoms with Gasteiger partial charge in [-0.2, -0.15) is 0 Å². The molecular weight excluding hydrogens is 194 g/mol. The summed E-state index contributed by atoms with van der Waals surface area (Å²) < 4.78 is 0. The summed E-state index contributed by atoms with van der Waals surface area (Å²) in [5.41, 5.74) is 7.79. The van der Waals surface area contributed by atoms with Crippen LogP contribution in [0.15, 0.2) is 11.7 Å². The Morgan fingerprint density at radius 2 is 2.36 bits per heavy atom. The molecule has 1 aromatic rings. The molecule has 1 unspecified atom stereocenters. The van der Waals surface area contributed by atoms with E-state index in [0.29, 0.717) is 5.92 Å². The molecule has 0 aromatic carbocycles. The molecule has 0 amide bonds. The van der Waals surface area contributed by atoms with Gasteiger partial charge >= 0.3 is 0 Å². The molecule has 0 saturated heterocycles. The zero-order valence-electron chi connectivity index (χ0n) is 8.86. The zero-order valence-corrected chi connectivity index (χ0v) is 9.68. The van der Waals surface area contributed by atoms with Gasteiger partial charge in [-0.3, -0.25) is 4.98 Å². The molecule has 4 heteroatoms. The number of nitrogens with one attached hydrogen (secondary N) is 1. The van der Waals surface area contributed by atoms with Crippen molar-refractivity contribution in [3.05, 3.63) is 16.6 Å². The van der Waals surface area contributed by atoms with Crippen LogP contribution in [0.5, 0.6) is 0 Å². The number of nitrogens with two attached hydrogens (primary N) is 1. The van der Waals surface area contributed by atoms with Crippen LogP contribution in [-0.2, 0) is 6.54 Å². The lowest BCUT2D eigenvalue weighted by atomic mass is 10.0. The summed E-state index contributed by atoms with van der Waals surface area (Å²) in [5, 5.41) is 3.34. The number of nitrogens with zero attached hydrogens (tertiary/aromatic N) is 1. The summed E-state index contributed by atoms with van der Waals surface area (Å²) in [6, 6.07) is 0.267. The van der Waals surface area contributed by atoms with Gasteiger partial charge in [-0.1, -0.05) is 13.8 Å². The molecule has 1 atom stereocenters. The molecule has 0 aliphatic rings. The lowest BCUT2D eigenvalue weighted by molar-refractivity contribution is 0.468. The fourth-order valence-electron chi connectivity index (χ4n) is 1.40. The molecule has 14 heavy (non-hydrogen) atoms. The molecule has 1 aromatic heterocycles. The van der Waals surface area contributed by atoms with Gasteiger partial charge in [0.25, 0.3) is 0 Å². The maximum atomic E-state index is 5.94. The predicted molar refractivity (Wildman–Crippen MR) is 61.3 cm³/mol. The molecular formula is C10H19N3S. The highest BCUT2D eigenvalue weighted by Gasteiger charge is 2.04. The molecule has 0 spiro atoms. The van der Waals surface area contributed by atoms with Gasteiger partial charge in [0.05, 0.1) is 5.51 Å². The van der Waals surface area contributed by atoms with Crippen LogP contribution in [0, 0.1) is 5.92 Å². The van der Waals surface area contributed by atoms with Crippen LogP contribution in [-0.4, -0.2) is 17.6 Å². The van der Waals surface area contributed by atoms with Gasteiger partial charge in [-0.15, -0.1) is 11.3 Å². The van der Waals surface area contributed by atoms with Gasteiger partial charge in [-0.05, 0) is 12.3 Å². The third-order valence-corrected chi connectivity index (χ3v) is 2.74. The molecule has 0 aliphatic carbocycles. The summed E-state index contributed by atoms with van der Waals surface area (Å²) in [5.74, 6) is 0.676. The molecule has 80 valence electrons. The fraction of sp³-hybridized carbons (Fsp3) is 0.700. The Bertz CT molecular complexity index is 234. The van der Waals surface area contributed by atoms with Crippen LogP contribution >= 0.6 is 11.3 Å². The van der Waals surface area contributed by atoms with Gasteiger partial charge in [-0.25, -0.2) is 0 Å². The molecule has 3 N–H and O–H groups in total. The third kappa shape index (κ3) is 4.69. The van der Waals surface area contributed by atoms with Gasteiger partial charge in [0.1, 0.15) is 0 Å². The lowest BCUT2D eigenvalue weighted by Crippen LogP contribution is -2.34. The zero-order chi connectivity index (χ0) is 10.4. The first-order valence-corrected chi connectivity index (χ1v) is 5.90. The largest absolute Gasteiger partial charge is 0.327 e. The fourth-order valence-corrected chi connectivity index (χ4v) is 1.96. The SMILES string of the molecule is CC(C)CC(N)CNCc1cncs1. The van der Waals surface area contributed by atoms with Crippen molar-refractivity contribution in [1.82, 2.24) is 10.3 Å². The number of aromatic nitrogens is 1. The standard InChI is InChI=1S/C10H19N3S/c1-8(2)3-9(11)4-12-5-10-6-13-7-14-10/h6-9,12H,3-5,11H2,1-2H3.